The molecule has 2 aromatic heterocycles. The van der Waals surface area contributed by atoms with E-state index in [1.165, 1.54) is 26.0 Å². The van der Waals surface area contributed by atoms with E-state index in [9.17, 15) is 19.1 Å². The van der Waals surface area contributed by atoms with Crippen molar-refractivity contribution in [3.63, 3.8) is 0 Å². The summed E-state index contributed by atoms with van der Waals surface area (Å²) < 4.78 is 21.1. The van der Waals surface area contributed by atoms with E-state index in [-0.39, 0.29) is 18.3 Å². The number of carbonyl (C=O) groups is 2. The van der Waals surface area contributed by atoms with E-state index in [0.29, 0.717) is 26.1 Å². The Morgan fingerprint density at radius 2 is 2.06 bits per heavy atom. The van der Waals surface area contributed by atoms with Crippen molar-refractivity contribution in [3.8, 4) is 0 Å². The zero-order valence-electron chi connectivity index (χ0n) is 17.5. The molecule has 8 heteroatoms. The van der Waals surface area contributed by atoms with Gasteiger partial charge in [-0.3, -0.25) is 4.79 Å². The Hall–Kier alpha value is -3.26. The molecule has 1 aromatic carbocycles. The summed E-state index contributed by atoms with van der Waals surface area (Å²) in [6.45, 7) is 3.83. The number of hydrogen-bond acceptors (Lipinski definition) is 4. The van der Waals surface area contributed by atoms with Gasteiger partial charge in [0.2, 0.25) is 5.91 Å². The highest BCUT2D eigenvalue weighted by molar-refractivity contribution is 5.84. The van der Waals surface area contributed by atoms with Crippen LogP contribution in [-0.2, 0) is 33.8 Å². The van der Waals surface area contributed by atoms with Gasteiger partial charge in [-0.2, -0.15) is 0 Å². The number of aromatic nitrogens is 2. The molecule has 0 saturated carbocycles. The van der Waals surface area contributed by atoms with Crippen molar-refractivity contribution in [1.29, 1.82) is 0 Å². The minimum Gasteiger partial charge on any atom is -0.479 e. The van der Waals surface area contributed by atoms with Gasteiger partial charge in [0, 0.05) is 30.4 Å². The molecular weight excluding hydrogens is 401 g/mol. The second kappa shape index (κ2) is 8.11. The van der Waals surface area contributed by atoms with E-state index < -0.39 is 11.6 Å². The Balaban J connectivity index is 1.62. The number of fused-ring (bicyclic) bond motifs is 3. The largest absolute Gasteiger partial charge is 0.479 e. The van der Waals surface area contributed by atoms with Crippen LogP contribution in [0, 0.1) is 5.82 Å². The molecule has 1 aliphatic rings. The lowest BCUT2D eigenvalue weighted by Crippen LogP contribution is -2.42. The van der Waals surface area contributed by atoms with Crippen molar-refractivity contribution in [2.45, 2.75) is 39.0 Å². The molecule has 1 N–H and O–H groups in total. The highest BCUT2D eigenvalue weighted by Gasteiger charge is 2.31. The number of carboxylic acids is 1. The minimum atomic E-state index is -1.44. The lowest BCUT2D eigenvalue weighted by atomic mass is 10.0. The summed E-state index contributed by atoms with van der Waals surface area (Å²) in [5.41, 5.74) is 2.26. The highest BCUT2D eigenvalue weighted by Crippen LogP contribution is 2.30. The normalized spacial score (nSPS) is 14.0. The molecule has 1 amide bonds. The Morgan fingerprint density at radius 1 is 1.26 bits per heavy atom. The molecule has 0 spiro atoms. The highest BCUT2D eigenvalue weighted by atomic mass is 19.1. The number of carbonyl (C=O) groups excluding carboxylic acids is 1. The fourth-order valence-corrected chi connectivity index (χ4v) is 3.86. The maximum atomic E-state index is 13.7. The Morgan fingerprint density at radius 3 is 2.81 bits per heavy atom. The number of benzene rings is 1. The van der Waals surface area contributed by atoms with Gasteiger partial charge in [0.1, 0.15) is 18.1 Å². The first-order valence-corrected chi connectivity index (χ1v) is 10.1. The number of aliphatic carboxylic acids is 1. The van der Waals surface area contributed by atoms with Crippen LogP contribution >= 0.6 is 0 Å². The maximum absolute atomic E-state index is 13.7. The number of hydrogen-bond donors (Lipinski definition) is 1. The first-order chi connectivity index (χ1) is 14.8. The lowest BCUT2D eigenvalue weighted by molar-refractivity contribution is -0.165. The maximum Gasteiger partial charge on any atom is 0.335 e. The van der Waals surface area contributed by atoms with Crippen LogP contribution in [-0.4, -0.2) is 50.2 Å². The van der Waals surface area contributed by atoms with Crippen molar-refractivity contribution < 1.29 is 23.8 Å². The number of rotatable bonds is 6. The van der Waals surface area contributed by atoms with Gasteiger partial charge in [-0.1, -0.05) is 12.1 Å². The fraction of sp³-hybridized carbons (Fsp3) is 0.348. The van der Waals surface area contributed by atoms with Gasteiger partial charge in [-0.05, 0) is 55.7 Å². The van der Waals surface area contributed by atoms with Crippen LogP contribution in [0.4, 0.5) is 4.39 Å². The number of carboxylic acid groups (broad SMARTS) is 1. The van der Waals surface area contributed by atoms with Gasteiger partial charge >= 0.3 is 5.97 Å². The third kappa shape index (κ3) is 4.16. The number of pyridine rings is 1. The predicted octanol–water partition coefficient (Wildman–Crippen LogP) is 2.99. The standard InChI is InChI=1S/C23H24FN3O4/c1-23(2,22(29)30)31-14-20(28)26-10-8-17-18-7-4-9-25-21(18)27(19(17)13-26)12-15-5-3-6-16(24)11-15/h3-7,9,11H,8,10,12-14H2,1-2H3,(H,29,30). The fourth-order valence-electron chi connectivity index (χ4n) is 3.86. The molecule has 3 aromatic rings. The van der Waals surface area contributed by atoms with Gasteiger partial charge in [0.25, 0.3) is 0 Å². The number of ether oxygens (including phenoxy) is 1. The molecule has 7 nitrogen and oxygen atoms in total. The Bertz CT molecular complexity index is 1150. The molecule has 0 unspecified atom stereocenters. The van der Waals surface area contributed by atoms with Crippen molar-refractivity contribution in [1.82, 2.24) is 14.5 Å². The SMILES string of the molecule is CC(C)(OCC(=O)N1CCc2c(n(Cc3cccc(F)c3)c3ncccc23)C1)C(=O)O. The second-order valence-electron chi connectivity index (χ2n) is 8.19. The van der Waals surface area contributed by atoms with Gasteiger partial charge in [-0.15, -0.1) is 0 Å². The number of halogens is 1. The average Bonchev–Trinajstić information content (AvgIpc) is 3.05. The van der Waals surface area contributed by atoms with E-state index in [1.54, 1.807) is 17.2 Å². The molecule has 0 fully saturated rings. The summed E-state index contributed by atoms with van der Waals surface area (Å²) in [6, 6.07) is 10.3. The van der Waals surface area contributed by atoms with E-state index >= 15 is 0 Å². The van der Waals surface area contributed by atoms with Crippen LogP contribution in [0.1, 0.15) is 30.7 Å². The van der Waals surface area contributed by atoms with E-state index in [0.717, 1.165) is 27.9 Å². The molecular formula is C23H24FN3O4. The van der Waals surface area contributed by atoms with Crippen LogP contribution in [0.15, 0.2) is 42.6 Å². The zero-order chi connectivity index (χ0) is 22.2. The molecule has 3 heterocycles. The van der Waals surface area contributed by atoms with Crippen molar-refractivity contribution in [2.24, 2.45) is 0 Å². The molecule has 0 bridgehead atoms. The van der Waals surface area contributed by atoms with E-state index in [4.69, 9.17) is 4.74 Å². The summed E-state index contributed by atoms with van der Waals surface area (Å²) in [5.74, 6) is -1.69. The summed E-state index contributed by atoms with van der Waals surface area (Å²) in [5, 5.41) is 10.2. The number of nitrogens with zero attached hydrogens (tertiary/aromatic N) is 3. The predicted molar refractivity (Wildman–Crippen MR) is 112 cm³/mol. The molecule has 0 atom stereocenters. The Kier molecular flexibility index (Phi) is 5.49. The molecule has 1 aliphatic heterocycles. The third-order valence-electron chi connectivity index (χ3n) is 5.67. The summed E-state index contributed by atoms with van der Waals surface area (Å²) in [6.07, 6.45) is 2.38. The summed E-state index contributed by atoms with van der Waals surface area (Å²) in [4.78, 5) is 30.2. The van der Waals surface area contributed by atoms with Crippen molar-refractivity contribution in [3.05, 3.63) is 65.2 Å². The van der Waals surface area contributed by atoms with Crippen LogP contribution in [0.2, 0.25) is 0 Å². The van der Waals surface area contributed by atoms with Gasteiger partial charge in [0.05, 0.1) is 6.54 Å². The monoisotopic (exact) mass is 425 g/mol. The van der Waals surface area contributed by atoms with Gasteiger partial charge < -0.3 is 19.3 Å². The molecule has 0 radical (unpaired) electrons. The molecule has 0 saturated heterocycles. The smallest absolute Gasteiger partial charge is 0.335 e. The van der Waals surface area contributed by atoms with Gasteiger partial charge in [-0.25, -0.2) is 14.2 Å². The summed E-state index contributed by atoms with van der Waals surface area (Å²) >= 11 is 0. The second-order valence-corrected chi connectivity index (χ2v) is 8.19. The molecule has 4 rings (SSSR count). The number of amides is 1. The Labute approximate surface area is 179 Å². The zero-order valence-corrected chi connectivity index (χ0v) is 17.5. The average molecular weight is 425 g/mol. The van der Waals surface area contributed by atoms with Crippen LogP contribution < -0.4 is 0 Å². The third-order valence-corrected chi connectivity index (χ3v) is 5.67. The molecule has 162 valence electrons. The summed E-state index contributed by atoms with van der Waals surface area (Å²) in [7, 11) is 0. The molecule has 0 aliphatic carbocycles. The topological polar surface area (TPSA) is 84.7 Å². The first-order valence-electron chi connectivity index (χ1n) is 10.1. The van der Waals surface area contributed by atoms with Crippen LogP contribution in [0.5, 0.6) is 0 Å². The minimum absolute atomic E-state index is 0.268. The van der Waals surface area contributed by atoms with Crippen molar-refractivity contribution >= 4 is 22.9 Å². The first kappa shape index (κ1) is 21.0. The van der Waals surface area contributed by atoms with Crippen LogP contribution in [0.25, 0.3) is 11.0 Å². The van der Waals surface area contributed by atoms with Crippen LogP contribution in [0.3, 0.4) is 0 Å². The van der Waals surface area contributed by atoms with E-state index in [1.807, 2.05) is 22.8 Å². The molecule has 31 heavy (non-hydrogen) atoms. The lowest BCUT2D eigenvalue weighted by Gasteiger charge is -2.30. The van der Waals surface area contributed by atoms with Gasteiger partial charge in [0.15, 0.2) is 5.60 Å². The quantitative estimate of drug-likeness (QED) is 0.656. The van der Waals surface area contributed by atoms with Crippen molar-refractivity contribution in [2.75, 3.05) is 13.2 Å². The van der Waals surface area contributed by atoms with E-state index in [2.05, 4.69) is 4.98 Å².